The molecule has 0 spiro atoms. The molecule has 0 bridgehead atoms. The summed E-state index contributed by atoms with van der Waals surface area (Å²) in [5, 5.41) is 32.5. The van der Waals surface area contributed by atoms with Crippen molar-refractivity contribution < 1.29 is 34.4 Å². The van der Waals surface area contributed by atoms with Crippen LogP contribution >= 0.6 is 0 Å². The van der Waals surface area contributed by atoms with Crippen molar-refractivity contribution in [3.8, 4) is 0 Å². The topological polar surface area (TPSA) is 200 Å². The Balaban J connectivity index is 1.34. The highest BCUT2D eigenvalue weighted by molar-refractivity contribution is 6.23. The van der Waals surface area contributed by atoms with E-state index in [9.17, 15) is 34.5 Å². The quantitative estimate of drug-likeness (QED) is 0.185. The van der Waals surface area contributed by atoms with Crippen LogP contribution in [0, 0.1) is 0 Å². The fourth-order valence-electron chi connectivity index (χ4n) is 5.11. The van der Waals surface area contributed by atoms with Crippen LogP contribution in [0.1, 0.15) is 32.5 Å². The molecule has 2 aliphatic heterocycles. The molecule has 1 fully saturated rings. The number of carbonyl (C=O) groups excluding carboxylic acids is 3. The summed E-state index contributed by atoms with van der Waals surface area (Å²) in [6.07, 6.45) is -4.00. The predicted molar refractivity (Wildman–Crippen MR) is 141 cm³/mol. The van der Waals surface area contributed by atoms with Crippen molar-refractivity contribution in [2.24, 2.45) is 0 Å². The summed E-state index contributed by atoms with van der Waals surface area (Å²) in [5.41, 5.74) is 0.0956. The number of benzene rings is 2. The number of hydrogen-bond acceptors (Lipinski definition) is 10. The van der Waals surface area contributed by atoms with Crippen LogP contribution in [-0.4, -0.2) is 88.4 Å². The van der Waals surface area contributed by atoms with Crippen molar-refractivity contribution in [1.29, 1.82) is 0 Å². The minimum atomic E-state index is -1.47. The summed E-state index contributed by atoms with van der Waals surface area (Å²) < 4.78 is 6.73. The van der Waals surface area contributed by atoms with Crippen molar-refractivity contribution in [3.63, 3.8) is 0 Å². The summed E-state index contributed by atoms with van der Waals surface area (Å²) in [5.74, 6) is -2.34. The molecule has 0 saturated carbocycles. The number of hydrogen-bond donors (Lipinski definition) is 5. The van der Waals surface area contributed by atoms with Crippen LogP contribution in [0.2, 0.25) is 0 Å². The number of imide groups is 1. The number of ether oxygens (including phenoxy) is 1. The Bertz CT molecular complexity index is 1680. The molecule has 0 radical (unpaired) electrons. The van der Waals surface area contributed by atoms with E-state index in [2.05, 4.69) is 20.3 Å². The van der Waals surface area contributed by atoms with Gasteiger partial charge in [-0.25, -0.2) is 4.98 Å². The summed E-state index contributed by atoms with van der Waals surface area (Å²) in [6, 6.07) is 13.8. The molecular weight excluding hydrogens is 536 g/mol. The van der Waals surface area contributed by atoms with Gasteiger partial charge in [0.25, 0.3) is 17.4 Å². The van der Waals surface area contributed by atoms with E-state index in [1.54, 1.807) is 42.5 Å². The van der Waals surface area contributed by atoms with E-state index in [0.29, 0.717) is 5.56 Å². The third kappa shape index (κ3) is 4.48. The van der Waals surface area contributed by atoms with E-state index in [1.165, 1.54) is 23.0 Å². The molecule has 0 aliphatic carbocycles. The normalized spacial score (nSPS) is 22.8. The molecule has 14 heteroatoms. The van der Waals surface area contributed by atoms with Gasteiger partial charge in [-0.15, -0.1) is 0 Å². The number of aliphatic hydroxyl groups excluding tert-OH is 3. The van der Waals surface area contributed by atoms with Gasteiger partial charge in [-0.3, -0.25) is 38.9 Å². The second-order valence-corrected chi connectivity index (χ2v) is 9.69. The van der Waals surface area contributed by atoms with Gasteiger partial charge in [0.2, 0.25) is 11.9 Å². The van der Waals surface area contributed by atoms with Crippen molar-refractivity contribution in [2.75, 3.05) is 11.9 Å². The number of nitrogens with one attached hydrogen (secondary N) is 2. The molecule has 4 heterocycles. The average Bonchev–Trinajstić information content (AvgIpc) is 3.60. The van der Waals surface area contributed by atoms with Gasteiger partial charge in [0.1, 0.15) is 24.4 Å². The molecule has 210 valence electrons. The van der Waals surface area contributed by atoms with Crippen LogP contribution in [0.3, 0.4) is 0 Å². The van der Waals surface area contributed by atoms with Crippen LogP contribution in [0.25, 0.3) is 11.2 Å². The van der Waals surface area contributed by atoms with E-state index >= 15 is 0 Å². The highest BCUT2D eigenvalue weighted by Crippen LogP contribution is 2.31. The SMILES string of the molecule is O=C(Nc1nc2c(ncn2[C@H]2O[C@@H](CO)[C@@H](O)[C@@H]2O)c(=O)[nH]1)[C@@H](Cc1ccccc1)N1C(=O)c2ccccc2C1=O. The summed E-state index contributed by atoms with van der Waals surface area (Å²) in [6.45, 7) is -0.558. The Labute approximate surface area is 230 Å². The Hall–Kier alpha value is -4.76. The molecule has 5 atom stereocenters. The average molecular weight is 561 g/mol. The number of aliphatic hydroxyl groups is 3. The van der Waals surface area contributed by atoms with Gasteiger partial charge >= 0.3 is 0 Å². The van der Waals surface area contributed by atoms with Gasteiger partial charge in [0.15, 0.2) is 17.4 Å². The Morgan fingerprint density at radius 1 is 1.00 bits per heavy atom. The number of imidazole rings is 1. The number of nitrogens with zero attached hydrogens (tertiary/aromatic N) is 4. The zero-order valence-electron chi connectivity index (χ0n) is 21.2. The van der Waals surface area contributed by atoms with Crippen molar-refractivity contribution in [3.05, 3.63) is 88.0 Å². The first kappa shape index (κ1) is 26.5. The summed E-state index contributed by atoms with van der Waals surface area (Å²) in [4.78, 5) is 64.6. The van der Waals surface area contributed by atoms with Gasteiger partial charge < -0.3 is 20.1 Å². The first-order chi connectivity index (χ1) is 19.8. The van der Waals surface area contributed by atoms with Gasteiger partial charge in [0, 0.05) is 6.42 Å². The van der Waals surface area contributed by atoms with E-state index in [4.69, 9.17) is 4.74 Å². The number of aromatic nitrogens is 4. The molecule has 2 aliphatic rings. The summed E-state index contributed by atoms with van der Waals surface area (Å²) >= 11 is 0. The lowest BCUT2D eigenvalue weighted by molar-refractivity contribution is -0.120. The summed E-state index contributed by atoms with van der Waals surface area (Å²) in [7, 11) is 0. The zero-order valence-corrected chi connectivity index (χ0v) is 21.2. The van der Waals surface area contributed by atoms with Gasteiger partial charge in [-0.1, -0.05) is 42.5 Å². The number of amides is 3. The molecule has 0 unspecified atom stereocenters. The number of fused-ring (bicyclic) bond motifs is 2. The van der Waals surface area contributed by atoms with Crippen LogP contribution in [0.5, 0.6) is 0 Å². The van der Waals surface area contributed by atoms with Crippen LogP contribution in [0.4, 0.5) is 5.95 Å². The smallest absolute Gasteiger partial charge is 0.280 e. The number of carbonyl (C=O) groups is 3. The fraction of sp³-hybridized carbons (Fsp3) is 0.259. The monoisotopic (exact) mass is 560 g/mol. The second-order valence-electron chi connectivity index (χ2n) is 9.69. The highest BCUT2D eigenvalue weighted by atomic mass is 16.6. The fourth-order valence-corrected chi connectivity index (χ4v) is 5.11. The van der Waals surface area contributed by atoms with Gasteiger partial charge in [-0.05, 0) is 17.7 Å². The Morgan fingerprint density at radius 3 is 2.29 bits per heavy atom. The Kier molecular flexibility index (Phi) is 6.67. The number of aromatic amines is 1. The maximum atomic E-state index is 13.7. The predicted octanol–water partition coefficient (Wildman–Crippen LogP) is -0.423. The molecule has 1 saturated heterocycles. The van der Waals surface area contributed by atoms with Crippen molar-refractivity contribution in [1.82, 2.24) is 24.4 Å². The number of H-pyrrole nitrogens is 1. The molecule has 41 heavy (non-hydrogen) atoms. The Morgan fingerprint density at radius 2 is 1.66 bits per heavy atom. The van der Waals surface area contributed by atoms with E-state index in [-0.39, 0.29) is 34.7 Å². The molecular formula is C27H24N6O8. The minimum Gasteiger partial charge on any atom is -0.394 e. The van der Waals surface area contributed by atoms with Crippen molar-refractivity contribution in [2.45, 2.75) is 37.0 Å². The van der Waals surface area contributed by atoms with Crippen molar-refractivity contribution >= 4 is 34.8 Å². The molecule has 5 N–H and O–H groups in total. The largest absolute Gasteiger partial charge is 0.394 e. The first-order valence-corrected chi connectivity index (χ1v) is 12.7. The van der Waals surface area contributed by atoms with Gasteiger partial charge in [-0.2, -0.15) is 4.98 Å². The van der Waals surface area contributed by atoms with E-state index in [1.807, 2.05) is 0 Å². The molecule has 6 rings (SSSR count). The lowest BCUT2D eigenvalue weighted by atomic mass is 10.0. The first-order valence-electron chi connectivity index (χ1n) is 12.7. The van der Waals surface area contributed by atoms with Crippen LogP contribution in [0.15, 0.2) is 65.7 Å². The second kappa shape index (κ2) is 10.3. The molecule has 2 aromatic carbocycles. The van der Waals surface area contributed by atoms with E-state index in [0.717, 1.165) is 4.90 Å². The third-order valence-corrected chi connectivity index (χ3v) is 7.18. The molecule has 4 aromatic rings. The molecule has 14 nitrogen and oxygen atoms in total. The minimum absolute atomic E-state index is 0.00884. The number of rotatable bonds is 7. The van der Waals surface area contributed by atoms with Crippen LogP contribution in [-0.2, 0) is 16.0 Å². The lowest BCUT2D eigenvalue weighted by Gasteiger charge is -2.25. The zero-order chi connectivity index (χ0) is 28.8. The van der Waals surface area contributed by atoms with E-state index < -0.39 is 60.5 Å². The van der Waals surface area contributed by atoms with Crippen LogP contribution < -0.4 is 10.9 Å². The third-order valence-electron chi connectivity index (χ3n) is 7.18. The highest BCUT2D eigenvalue weighted by Gasteiger charge is 2.45. The molecule has 3 amide bonds. The maximum absolute atomic E-state index is 13.7. The lowest BCUT2D eigenvalue weighted by Crippen LogP contribution is -2.48. The maximum Gasteiger partial charge on any atom is 0.280 e. The standard InChI is InChI=1S/C27H24N6O8/c34-11-17-19(35)20(36)26(41-17)32-12-28-18-21(32)29-27(31-23(18)38)30-22(37)16(10-13-6-2-1-3-7-13)33-24(39)14-8-4-5-9-15(14)25(33)40/h1-9,12,16-17,19-20,26,34-36H,10-11H2,(H2,29,30,31,37,38)/t16-,17+,19-,20+,26+/m1/s1. The molecule has 2 aromatic heterocycles. The number of anilines is 1. The van der Waals surface area contributed by atoms with Gasteiger partial charge in [0.05, 0.1) is 24.1 Å².